The van der Waals surface area contributed by atoms with Gasteiger partial charge in [0.1, 0.15) is 11.9 Å². The van der Waals surface area contributed by atoms with Crippen LogP contribution in [-0.4, -0.2) is 23.7 Å². The van der Waals surface area contributed by atoms with Crippen molar-refractivity contribution in [3.63, 3.8) is 0 Å². The van der Waals surface area contributed by atoms with Gasteiger partial charge in [-0.05, 0) is 53.7 Å². The van der Waals surface area contributed by atoms with E-state index in [-0.39, 0.29) is 6.42 Å². The SMILES string of the molecule is Cc1ccnc(N2CCCCC2C(F)(F)F)c1Br. The highest BCUT2D eigenvalue weighted by Crippen LogP contribution is 2.37. The smallest absolute Gasteiger partial charge is 0.344 e. The zero-order valence-corrected chi connectivity index (χ0v) is 11.6. The zero-order chi connectivity index (χ0) is 13.3. The first kappa shape index (κ1) is 13.6. The first-order valence-electron chi connectivity index (χ1n) is 5.85. The minimum absolute atomic E-state index is 0.144. The molecule has 0 radical (unpaired) electrons. The number of hydrogen-bond acceptors (Lipinski definition) is 2. The lowest BCUT2D eigenvalue weighted by molar-refractivity contribution is -0.152. The highest BCUT2D eigenvalue weighted by molar-refractivity contribution is 9.10. The highest BCUT2D eigenvalue weighted by Gasteiger charge is 2.45. The van der Waals surface area contributed by atoms with Gasteiger partial charge in [0.15, 0.2) is 0 Å². The van der Waals surface area contributed by atoms with Crippen LogP contribution in [0.1, 0.15) is 24.8 Å². The molecule has 1 aliphatic rings. The van der Waals surface area contributed by atoms with E-state index < -0.39 is 12.2 Å². The number of halogens is 4. The van der Waals surface area contributed by atoms with Gasteiger partial charge in [0, 0.05) is 12.7 Å². The summed E-state index contributed by atoms with van der Waals surface area (Å²) >= 11 is 3.34. The summed E-state index contributed by atoms with van der Waals surface area (Å²) in [6, 6.07) is 0.358. The van der Waals surface area contributed by atoms with Crippen LogP contribution >= 0.6 is 15.9 Å². The third kappa shape index (κ3) is 2.63. The van der Waals surface area contributed by atoms with Gasteiger partial charge in [-0.2, -0.15) is 13.2 Å². The van der Waals surface area contributed by atoms with Crippen molar-refractivity contribution in [1.29, 1.82) is 0 Å². The number of rotatable bonds is 1. The summed E-state index contributed by atoms with van der Waals surface area (Å²) < 4.78 is 39.7. The van der Waals surface area contributed by atoms with Crippen molar-refractivity contribution in [1.82, 2.24) is 4.98 Å². The van der Waals surface area contributed by atoms with E-state index in [0.717, 1.165) is 12.0 Å². The molecular formula is C12H14BrF3N2. The van der Waals surface area contributed by atoms with Gasteiger partial charge >= 0.3 is 6.18 Å². The Hall–Kier alpha value is -0.780. The number of aryl methyl sites for hydroxylation is 1. The molecule has 1 saturated heterocycles. The molecule has 2 rings (SSSR count). The molecule has 100 valence electrons. The summed E-state index contributed by atoms with van der Waals surface area (Å²) in [6.45, 7) is 2.25. The summed E-state index contributed by atoms with van der Waals surface area (Å²) in [5.41, 5.74) is 0.895. The van der Waals surface area contributed by atoms with E-state index in [4.69, 9.17) is 0 Å². The summed E-state index contributed by atoms with van der Waals surface area (Å²) in [6.07, 6.45) is -1.12. The van der Waals surface area contributed by atoms with Crippen LogP contribution in [-0.2, 0) is 0 Å². The van der Waals surface area contributed by atoms with Crippen LogP contribution in [0.5, 0.6) is 0 Å². The maximum absolute atomic E-state index is 13.0. The Labute approximate surface area is 112 Å². The third-order valence-electron chi connectivity index (χ3n) is 3.22. The Morgan fingerprint density at radius 3 is 2.78 bits per heavy atom. The predicted octanol–water partition coefficient (Wildman–Crippen LogP) is 4.07. The van der Waals surface area contributed by atoms with E-state index in [1.165, 1.54) is 4.90 Å². The van der Waals surface area contributed by atoms with Gasteiger partial charge in [-0.25, -0.2) is 4.98 Å². The van der Waals surface area contributed by atoms with Crippen LogP contribution in [0.25, 0.3) is 0 Å². The van der Waals surface area contributed by atoms with E-state index in [0.29, 0.717) is 23.3 Å². The van der Waals surface area contributed by atoms with Crippen LogP contribution in [0.2, 0.25) is 0 Å². The minimum atomic E-state index is -4.20. The summed E-state index contributed by atoms with van der Waals surface area (Å²) in [7, 11) is 0. The third-order valence-corrected chi connectivity index (χ3v) is 4.20. The molecule has 1 aromatic rings. The summed E-state index contributed by atoms with van der Waals surface area (Å²) in [5.74, 6) is 0.400. The second-order valence-electron chi connectivity index (χ2n) is 4.51. The molecule has 0 aliphatic carbocycles. The lowest BCUT2D eigenvalue weighted by Gasteiger charge is -2.38. The molecule has 1 atom stereocenters. The predicted molar refractivity (Wildman–Crippen MR) is 67.7 cm³/mol. The van der Waals surface area contributed by atoms with Crippen molar-refractivity contribution in [2.75, 3.05) is 11.4 Å². The molecule has 6 heteroatoms. The molecule has 0 amide bonds. The van der Waals surface area contributed by atoms with Crippen LogP contribution in [0.15, 0.2) is 16.7 Å². The molecule has 2 nitrogen and oxygen atoms in total. The Kier molecular flexibility index (Phi) is 3.84. The van der Waals surface area contributed by atoms with Crippen LogP contribution in [0, 0.1) is 6.92 Å². The first-order valence-corrected chi connectivity index (χ1v) is 6.65. The molecule has 0 N–H and O–H groups in total. The number of pyridine rings is 1. The van der Waals surface area contributed by atoms with Crippen molar-refractivity contribution in [3.05, 3.63) is 22.3 Å². The van der Waals surface area contributed by atoms with E-state index in [1.54, 1.807) is 12.3 Å². The molecule has 1 aliphatic heterocycles. The van der Waals surface area contributed by atoms with Gasteiger partial charge in [-0.1, -0.05) is 0 Å². The number of aromatic nitrogens is 1. The largest absolute Gasteiger partial charge is 0.408 e. The van der Waals surface area contributed by atoms with Crippen molar-refractivity contribution in [3.8, 4) is 0 Å². The molecule has 1 unspecified atom stereocenters. The molecule has 0 aromatic carbocycles. The van der Waals surface area contributed by atoms with Crippen molar-refractivity contribution < 1.29 is 13.2 Å². The summed E-state index contributed by atoms with van der Waals surface area (Å²) in [4.78, 5) is 5.48. The Morgan fingerprint density at radius 1 is 1.39 bits per heavy atom. The fourth-order valence-corrected chi connectivity index (χ4v) is 2.71. The lowest BCUT2D eigenvalue weighted by Crippen LogP contribution is -2.49. The van der Waals surface area contributed by atoms with Gasteiger partial charge < -0.3 is 4.90 Å². The van der Waals surface area contributed by atoms with Crippen molar-refractivity contribution >= 4 is 21.7 Å². The fourth-order valence-electron chi connectivity index (χ4n) is 2.25. The van der Waals surface area contributed by atoms with Gasteiger partial charge in [0.05, 0.1) is 4.47 Å². The lowest BCUT2D eigenvalue weighted by atomic mass is 10.0. The quantitative estimate of drug-likeness (QED) is 0.774. The van der Waals surface area contributed by atoms with E-state index >= 15 is 0 Å². The van der Waals surface area contributed by atoms with E-state index in [1.807, 2.05) is 6.92 Å². The summed E-state index contributed by atoms with van der Waals surface area (Å²) in [5, 5.41) is 0. The molecule has 2 heterocycles. The molecule has 1 aromatic heterocycles. The molecule has 0 saturated carbocycles. The Morgan fingerprint density at radius 2 is 2.11 bits per heavy atom. The Bertz CT molecular complexity index is 434. The van der Waals surface area contributed by atoms with E-state index in [2.05, 4.69) is 20.9 Å². The maximum Gasteiger partial charge on any atom is 0.408 e. The fraction of sp³-hybridized carbons (Fsp3) is 0.583. The van der Waals surface area contributed by atoms with Crippen LogP contribution in [0.4, 0.5) is 19.0 Å². The molecule has 0 bridgehead atoms. The monoisotopic (exact) mass is 322 g/mol. The molecular weight excluding hydrogens is 309 g/mol. The first-order chi connectivity index (χ1) is 8.41. The normalized spacial score (nSPS) is 21.2. The number of anilines is 1. The number of piperidine rings is 1. The van der Waals surface area contributed by atoms with Gasteiger partial charge in [-0.3, -0.25) is 0 Å². The Balaban J connectivity index is 2.37. The van der Waals surface area contributed by atoms with Gasteiger partial charge in [-0.15, -0.1) is 0 Å². The highest BCUT2D eigenvalue weighted by atomic mass is 79.9. The minimum Gasteiger partial charge on any atom is -0.344 e. The molecule has 1 fully saturated rings. The number of alkyl halides is 3. The van der Waals surface area contributed by atoms with Crippen LogP contribution in [0.3, 0.4) is 0 Å². The van der Waals surface area contributed by atoms with Gasteiger partial charge in [0.25, 0.3) is 0 Å². The van der Waals surface area contributed by atoms with Crippen molar-refractivity contribution in [2.24, 2.45) is 0 Å². The maximum atomic E-state index is 13.0. The standard InChI is InChI=1S/C12H14BrF3N2/c1-8-5-6-17-11(10(8)13)18-7-3-2-4-9(18)12(14,15)16/h5-6,9H,2-4,7H2,1H3. The molecule has 18 heavy (non-hydrogen) atoms. The van der Waals surface area contributed by atoms with Gasteiger partial charge in [0.2, 0.25) is 0 Å². The molecule has 0 spiro atoms. The average molecular weight is 323 g/mol. The van der Waals surface area contributed by atoms with Crippen molar-refractivity contribution in [2.45, 2.75) is 38.4 Å². The second kappa shape index (κ2) is 5.07. The zero-order valence-electron chi connectivity index (χ0n) is 9.97. The van der Waals surface area contributed by atoms with E-state index in [9.17, 15) is 13.2 Å². The topological polar surface area (TPSA) is 16.1 Å². The number of nitrogens with zero attached hydrogens (tertiary/aromatic N) is 2. The second-order valence-corrected chi connectivity index (χ2v) is 5.31. The average Bonchev–Trinajstić information content (AvgIpc) is 2.32. The number of hydrogen-bond donors (Lipinski definition) is 0. The van der Waals surface area contributed by atoms with Crippen LogP contribution < -0.4 is 4.90 Å².